The van der Waals surface area contributed by atoms with Crippen molar-refractivity contribution in [3.05, 3.63) is 140 Å². The standard InChI is InChI=1S/C49H54N10O8S3/c1-32-14-16-40(38(26-32)44(60)36-10-6-8-12-42(36)66-3)53-47(62)59(49-52-35(31-69-49)29-56-22-24-57(25-23-56)70(5,64)65)58(48(63)54-46-51-34(30-68-46)28-55-20-18-50-19-21-55)41-17-15-33(2)27-39(41)45(61)37-11-7-9-13-43(37)67-4/h6-17,26-27,30-31,50H,18-25,28-29H2,1-5H3,(H,53,62)(H,51,54,63). The van der Waals surface area contributed by atoms with Crippen molar-refractivity contribution in [1.29, 1.82) is 0 Å². The van der Waals surface area contributed by atoms with Gasteiger partial charge in [0.05, 0.1) is 54.4 Å². The number of hydrogen-bond acceptors (Lipinski definition) is 15. The van der Waals surface area contributed by atoms with Gasteiger partial charge in [0, 0.05) is 87.3 Å². The van der Waals surface area contributed by atoms with E-state index in [0.29, 0.717) is 62.0 Å². The fraction of sp³-hybridized carbons (Fsp3) is 0.306. The van der Waals surface area contributed by atoms with Gasteiger partial charge in [-0.25, -0.2) is 28.0 Å². The zero-order chi connectivity index (χ0) is 49.5. The lowest BCUT2D eigenvalue weighted by atomic mass is 9.98. The summed E-state index contributed by atoms with van der Waals surface area (Å²) >= 11 is 2.31. The van der Waals surface area contributed by atoms with Gasteiger partial charge in [-0.05, 0) is 62.4 Å². The average molecular weight is 1010 g/mol. The Hall–Kier alpha value is -6.59. The molecule has 4 aromatic carbocycles. The second-order valence-corrected chi connectivity index (χ2v) is 20.5. The molecule has 6 aromatic rings. The first-order chi connectivity index (χ1) is 33.7. The second-order valence-electron chi connectivity index (χ2n) is 16.8. The highest BCUT2D eigenvalue weighted by Crippen LogP contribution is 2.35. The van der Waals surface area contributed by atoms with Crippen molar-refractivity contribution in [3.8, 4) is 11.5 Å². The summed E-state index contributed by atoms with van der Waals surface area (Å²) in [6.07, 6.45) is 1.19. The van der Waals surface area contributed by atoms with E-state index in [-0.39, 0.29) is 43.9 Å². The maximum atomic E-state index is 15.5. The van der Waals surface area contributed by atoms with Crippen LogP contribution in [0, 0.1) is 13.8 Å². The number of rotatable bonds is 15. The first-order valence-electron chi connectivity index (χ1n) is 22.5. The number of ketones is 2. The number of aryl methyl sites for hydroxylation is 2. The van der Waals surface area contributed by atoms with Gasteiger partial charge in [-0.3, -0.25) is 24.7 Å². The largest absolute Gasteiger partial charge is 0.496 e. The number of hydrogen-bond donors (Lipinski definition) is 3. The molecule has 2 fully saturated rings. The van der Waals surface area contributed by atoms with E-state index in [2.05, 4.69) is 25.8 Å². The molecule has 0 unspecified atom stereocenters. The molecule has 2 saturated heterocycles. The van der Waals surface area contributed by atoms with Gasteiger partial charge < -0.3 is 20.1 Å². The Morgan fingerprint density at radius 2 is 1.20 bits per heavy atom. The highest BCUT2D eigenvalue weighted by atomic mass is 32.2. The monoisotopic (exact) mass is 1010 g/mol. The van der Waals surface area contributed by atoms with Crippen LogP contribution >= 0.6 is 22.7 Å². The lowest BCUT2D eigenvalue weighted by molar-refractivity contribution is 0.102. The van der Waals surface area contributed by atoms with E-state index >= 15 is 9.59 Å². The SMILES string of the molecule is COc1ccccc1C(=O)c1cc(C)ccc1NC(=O)N(c1nc(CN2CCN(S(C)(=O)=O)CC2)cs1)N(C(=O)Nc1nc(CN2CCNCC2)cs1)c1ccc(C)cc1C(=O)c1ccccc1OC. The molecule has 2 aliphatic heterocycles. The average Bonchev–Trinajstić information content (AvgIpc) is 4.02. The van der Waals surface area contributed by atoms with Crippen LogP contribution in [0.2, 0.25) is 0 Å². The fourth-order valence-electron chi connectivity index (χ4n) is 8.26. The van der Waals surface area contributed by atoms with Gasteiger partial charge in [-0.1, -0.05) is 47.5 Å². The number of para-hydroxylation sites is 2. The van der Waals surface area contributed by atoms with Crippen LogP contribution in [0.1, 0.15) is 54.4 Å². The highest BCUT2D eigenvalue weighted by Gasteiger charge is 2.37. The van der Waals surface area contributed by atoms with Gasteiger partial charge in [0.15, 0.2) is 16.7 Å². The molecule has 2 aromatic heterocycles. The number of carbonyl (C=O) groups is 4. The van der Waals surface area contributed by atoms with Crippen molar-refractivity contribution < 1.29 is 37.1 Å². The van der Waals surface area contributed by atoms with Crippen molar-refractivity contribution in [3.63, 3.8) is 0 Å². The van der Waals surface area contributed by atoms with Gasteiger partial charge in [-0.2, -0.15) is 14.3 Å². The maximum Gasteiger partial charge on any atom is 0.348 e. The summed E-state index contributed by atoms with van der Waals surface area (Å²) in [5.74, 6) is -0.264. The van der Waals surface area contributed by atoms with Gasteiger partial charge in [0.25, 0.3) is 0 Å². The molecular weight excluding hydrogens is 953 g/mol. The number of hydrazine groups is 1. The Labute approximate surface area is 414 Å². The minimum absolute atomic E-state index is 0.0228. The van der Waals surface area contributed by atoms with Crippen LogP contribution in [0.3, 0.4) is 0 Å². The molecule has 3 N–H and O–H groups in total. The van der Waals surface area contributed by atoms with Gasteiger partial charge in [-0.15, -0.1) is 22.7 Å². The molecule has 2 aliphatic rings. The van der Waals surface area contributed by atoms with E-state index in [1.165, 1.54) is 36.1 Å². The van der Waals surface area contributed by atoms with Crippen LogP contribution < -0.4 is 35.4 Å². The van der Waals surface area contributed by atoms with E-state index in [9.17, 15) is 18.0 Å². The number of nitrogens with zero attached hydrogens (tertiary/aromatic N) is 7. The molecule has 0 atom stereocenters. The molecule has 0 aliphatic carbocycles. The zero-order valence-electron chi connectivity index (χ0n) is 39.4. The number of thiazole rings is 2. The second kappa shape index (κ2) is 22.0. The highest BCUT2D eigenvalue weighted by molar-refractivity contribution is 7.88. The summed E-state index contributed by atoms with van der Waals surface area (Å²) in [4.78, 5) is 74.1. The number of methoxy groups -OCH3 is 2. The molecule has 70 heavy (non-hydrogen) atoms. The van der Waals surface area contributed by atoms with E-state index < -0.39 is 33.7 Å². The molecule has 366 valence electrons. The molecule has 18 nitrogen and oxygen atoms in total. The summed E-state index contributed by atoms with van der Waals surface area (Å²) < 4.78 is 37.2. The molecule has 4 amide bonds. The number of nitrogens with one attached hydrogen (secondary N) is 3. The first kappa shape index (κ1) is 49.8. The van der Waals surface area contributed by atoms with Crippen LogP contribution in [0.4, 0.5) is 31.2 Å². The normalized spacial score (nSPS) is 14.7. The molecule has 0 spiro atoms. The fourth-order valence-corrected chi connectivity index (χ4v) is 10.6. The number of piperazine rings is 2. The van der Waals surface area contributed by atoms with E-state index in [0.717, 1.165) is 58.8 Å². The molecule has 21 heteroatoms. The van der Waals surface area contributed by atoms with E-state index in [1.807, 2.05) is 19.2 Å². The Balaban J connectivity index is 1.24. The number of benzene rings is 4. The molecule has 4 heterocycles. The molecular formula is C49H54N10O8S3. The summed E-state index contributed by atoms with van der Waals surface area (Å²) in [5, 5.41) is 15.3. The maximum absolute atomic E-state index is 15.5. The minimum atomic E-state index is -3.37. The van der Waals surface area contributed by atoms with Crippen LogP contribution in [0.5, 0.6) is 11.5 Å². The number of ether oxygens (including phenoxy) is 2. The van der Waals surface area contributed by atoms with E-state index in [1.54, 1.807) is 90.3 Å². The number of amides is 4. The van der Waals surface area contributed by atoms with Crippen molar-refractivity contribution in [2.75, 3.05) is 93.5 Å². The van der Waals surface area contributed by atoms with Crippen molar-refractivity contribution in [2.45, 2.75) is 26.9 Å². The van der Waals surface area contributed by atoms with Crippen molar-refractivity contribution >= 4 is 78.0 Å². The predicted octanol–water partition coefficient (Wildman–Crippen LogP) is 6.87. The first-order valence-corrected chi connectivity index (χ1v) is 26.1. The Bertz CT molecular complexity index is 3000. The van der Waals surface area contributed by atoms with Gasteiger partial charge in [0.2, 0.25) is 15.2 Å². The summed E-state index contributed by atoms with van der Waals surface area (Å²) in [6, 6.07) is 21.8. The molecule has 0 bridgehead atoms. The van der Waals surface area contributed by atoms with Crippen molar-refractivity contribution in [2.24, 2.45) is 0 Å². The Morgan fingerprint density at radius 1 is 0.657 bits per heavy atom. The van der Waals surface area contributed by atoms with Gasteiger partial charge in [0.1, 0.15) is 11.5 Å². The van der Waals surface area contributed by atoms with Gasteiger partial charge >= 0.3 is 12.1 Å². The summed E-state index contributed by atoms with van der Waals surface area (Å²) in [6.45, 7) is 9.38. The van der Waals surface area contributed by atoms with Crippen LogP contribution in [0.25, 0.3) is 0 Å². The summed E-state index contributed by atoms with van der Waals surface area (Å²) in [7, 11) is -0.439. The zero-order valence-corrected chi connectivity index (χ0v) is 41.9. The number of urea groups is 2. The minimum Gasteiger partial charge on any atom is -0.496 e. The third-order valence-electron chi connectivity index (χ3n) is 11.8. The molecule has 0 saturated carbocycles. The van der Waals surface area contributed by atoms with E-state index in [4.69, 9.17) is 19.4 Å². The number of sulfonamides is 1. The predicted molar refractivity (Wildman–Crippen MR) is 272 cm³/mol. The Kier molecular flexibility index (Phi) is 15.7. The molecule has 0 radical (unpaired) electrons. The number of anilines is 4. The Morgan fingerprint density at radius 3 is 1.83 bits per heavy atom. The lowest BCUT2D eigenvalue weighted by Crippen LogP contribution is -2.54. The lowest BCUT2D eigenvalue weighted by Gasteiger charge is -2.34. The topological polar surface area (TPSA) is 199 Å². The third kappa shape index (κ3) is 11.5. The smallest absolute Gasteiger partial charge is 0.348 e. The number of aromatic nitrogens is 2. The molecule has 8 rings (SSSR count). The van der Waals surface area contributed by atoms with Crippen LogP contribution in [0.15, 0.2) is 95.7 Å². The number of carbonyl (C=O) groups excluding carboxylic acids is 4. The quantitative estimate of drug-likeness (QED) is 0.0712. The summed E-state index contributed by atoms with van der Waals surface area (Å²) in [5.41, 5.74) is 3.60. The van der Waals surface area contributed by atoms with Crippen LogP contribution in [-0.4, -0.2) is 129 Å². The van der Waals surface area contributed by atoms with Crippen LogP contribution in [-0.2, 0) is 23.1 Å². The third-order valence-corrected chi connectivity index (χ3v) is 14.8. The van der Waals surface area contributed by atoms with Crippen molar-refractivity contribution in [1.82, 2.24) is 29.4 Å².